The van der Waals surface area contributed by atoms with Gasteiger partial charge in [0.2, 0.25) is 0 Å². The summed E-state index contributed by atoms with van der Waals surface area (Å²) in [5.74, 6) is 3.57. The molecule has 1 unspecified atom stereocenters. The van der Waals surface area contributed by atoms with E-state index in [0.717, 1.165) is 5.69 Å². The molecule has 1 atom stereocenters. The van der Waals surface area contributed by atoms with Crippen LogP contribution in [0.5, 0.6) is 0 Å². The second-order valence-electron chi connectivity index (χ2n) is 3.30. The topological polar surface area (TPSA) is 51.8 Å². The second kappa shape index (κ2) is 3.96. The van der Waals surface area contributed by atoms with Gasteiger partial charge in [-0.3, -0.25) is 0 Å². The van der Waals surface area contributed by atoms with Gasteiger partial charge in [0.1, 0.15) is 5.82 Å². The molecule has 0 radical (unpaired) electrons. The Hall–Kier alpha value is -0.770. The zero-order valence-electron chi connectivity index (χ0n) is 7.44. The lowest BCUT2D eigenvalue weighted by atomic mass is 10.0. The highest BCUT2D eigenvalue weighted by atomic mass is 32.2. The molecule has 1 aromatic rings. The van der Waals surface area contributed by atoms with E-state index in [-0.39, 0.29) is 0 Å². The van der Waals surface area contributed by atoms with Gasteiger partial charge in [-0.1, -0.05) is 0 Å². The van der Waals surface area contributed by atoms with Crippen LogP contribution in [0.15, 0.2) is 12.1 Å². The third-order valence-electron chi connectivity index (χ3n) is 2.28. The minimum atomic E-state index is 0.507. The third-order valence-corrected chi connectivity index (χ3v) is 3.50. The summed E-state index contributed by atoms with van der Waals surface area (Å²) >= 11 is 2.00. The minimum absolute atomic E-state index is 0.507. The van der Waals surface area contributed by atoms with Gasteiger partial charge in [0.15, 0.2) is 0 Å². The molecule has 0 aliphatic carbocycles. The van der Waals surface area contributed by atoms with Crippen LogP contribution in [-0.2, 0) is 0 Å². The molecule has 3 nitrogen and oxygen atoms in total. The van der Waals surface area contributed by atoms with Gasteiger partial charge in [0.05, 0.1) is 5.69 Å². The molecule has 2 rings (SSSR count). The Bertz CT molecular complexity index is 267. The molecule has 2 N–H and O–H groups in total. The Balaban J connectivity index is 2.10. The van der Waals surface area contributed by atoms with Crippen molar-refractivity contribution in [1.29, 1.82) is 0 Å². The van der Waals surface area contributed by atoms with Crippen LogP contribution < -0.4 is 5.73 Å². The summed E-state index contributed by atoms with van der Waals surface area (Å²) in [7, 11) is 0. The minimum Gasteiger partial charge on any atom is -0.382 e. The molecule has 4 heteroatoms. The molecule has 0 saturated carbocycles. The SMILES string of the molecule is Nc1ccc(C2CCCSC2)nn1. The quantitative estimate of drug-likeness (QED) is 0.740. The fourth-order valence-electron chi connectivity index (χ4n) is 1.54. The highest BCUT2D eigenvalue weighted by Crippen LogP contribution is 2.29. The maximum atomic E-state index is 5.48. The van der Waals surface area contributed by atoms with Gasteiger partial charge in [-0.25, -0.2) is 0 Å². The maximum Gasteiger partial charge on any atom is 0.146 e. The Labute approximate surface area is 82.1 Å². The highest BCUT2D eigenvalue weighted by molar-refractivity contribution is 7.99. The van der Waals surface area contributed by atoms with E-state index in [4.69, 9.17) is 5.73 Å². The molecule has 1 aliphatic rings. The summed E-state index contributed by atoms with van der Waals surface area (Å²) in [5, 5.41) is 7.99. The second-order valence-corrected chi connectivity index (χ2v) is 4.45. The van der Waals surface area contributed by atoms with E-state index in [1.165, 1.54) is 24.3 Å². The van der Waals surface area contributed by atoms with Crippen molar-refractivity contribution >= 4 is 17.6 Å². The average Bonchev–Trinajstić information content (AvgIpc) is 2.20. The monoisotopic (exact) mass is 195 g/mol. The van der Waals surface area contributed by atoms with Crippen LogP contribution in [0.3, 0.4) is 0 Å². The first-order valence-corrected chi connectivity index (χ1v) is 5.68. The van der Waals surface area contributed by atoms with E-state index in [1.807, 2.05) is 23.9 Å². The fourth-order valence-corrected chi connectivity index (χ4v) is 2.70. The summed E-state index contributed by atoms with van der Waals surface area (Å²) in [4.78, 5) is 0. The zero-order valence-corrected chi connectivity index (χ0v) is 8.26. The number of nitrogen functional groups attached to an aromatic ring is 1. The lowest BCUT2D eigenvalue weighted by Crippen LogP contribution is -2.11. The van der Waals surface area contributed by atoms with E-state index in [1.54, 1.807) is 0 Å². The molecule has 0 spiro atoms. The van der Waals surface area contributed by atoms with Crippen molar-refractivity contribution in [3.05, 3.63) is 17.8 Å². The van der Waals surface area contributed by atoms with Gasteiger partial charge in [-0.2, -0.15) is 16.9 Å². The Morgan fingerprint density at radius 1 is 1.38 bits per heavy atom. The summed E-state index contributed by atoms with van der Waals surface area (Å²) in [6.07, 6.45) is 2.53. The van der Waals surface area contributed by atoms with Crippen molar-refractivity contribution in [3.8, 4) is 0 Å². The van der Waals surface area contributed by atoms with Crippen LogP contribution in [0.25, 0.3) is 0 Å². The standard InChI is InChI=1S/C9H13N3S/c10-9-4-3-8(11-12-9)7-2-1-5-13-6-7/h3-4,7H,1-2,5-6H2,(H2,10,12). The number of nitrogens with two attached hydrogens (primary N) is 1. The van der Waals surface area contributed by atoms with Gasteiger partial charge >= 0.3 is 0 Å². The number of anilines is 1. The number of aromatic nitrogens is 2. The van der Waals surface area contributed by atoms with Crippen LogP contribution in [0.2, 0.25) is 0 Å². The molecule has 0 amide bonds. The molecular weight excluding hydrogens is 182 g/mol. The predicted molar refractivity (Wildman–Crippen MR) is 55.7 cm³/mol. The van der Waals surface area contributed by atoms with Gasteiger partial charge in [0.25, 0.3) is 0 Å². The fraction of sp³-hybridized carbons (Fsp3) is 0.556. The average molecular weight is 195 g/mol. The summed E-state index contributed by atoms with van der Waals surface area (Å²) in [5.41, 5.74) is 6.58. The molecule has 1 saturated heterocycles. The summed E-state index contributed by atoms with van der Waals surface area (Å²) < 4.78 is 0. The van der Waals surface area contributed by atoms with Gasteiger partial charge < -0.3 is 5.73 Å². The molecule has 13 heavy (non-hydrogen) atoms. The van der Waals surface area contributed by atoms with Crippen molar-refractivity contribution in [2.75, 3.05) is 17.2 Å². The third kappa shape index (κ3) is 2.12. The molecule has 1 aromatic heterocycles. The number of hydrogen-bond donors (Lipinski definition) is 1. The molecular formula is C9H13N3S. The van der Waals surface area contributed by atoms with Crippen molar-refractivity contribution in [2.24, 2.45) is 0 Å². The summed E-state index contributed by atoms with van der Waals surface area (Å²) in [6, 6.07) is 3.83. The van der Waals surface area contributed by atoms with Gasteiger partial charge in [-0.05, 0) is 30.7 Å². The zero-order chi connectivity index (χ0) is 9.10. The molecule has 0 bridgehead atoms. The molecule has 2 heterocycles. The summed E-state index contributed by atoms with van der Waals surface area (Å²) in [6.45, 7) is 0. The van der Waals surface area contributed by atoms with Crippen molar-refractivity contribution in [2.45, 2.75) is 18.8 Å². The molecule has 70 valence electrons. The number of hydrogen-bond acceptors (Lipinski definition) is 4. The molecule has 0 aromatic carbocycles. The smallest absolute Gasteiger partial charge is 0.146 e. The Kier molecular flexibility index (Phi) is 2.68. The maximum absolute atomic E-state index is 5.48. The van der Waals surface area contributed by atoms with Crippen LogP contribution in [-0.4, -0.2) is 21.7 Å². The Morgan fingerprint density at radius 2 is 2.31 bits per heavy atom. The predicted octanol–water partition coefficient (Wildman–Crippen LogP) is 1.67. The van der Waals surface area contributed by atoms with E-state index >= 15 is 0 Å². The van der Waals surface area contributed by atoms with Crippen molar-refractivity contribution in [3.63, 3.8) is 0 Å². The lowest BCUT2D eigenvalue weighted by molar-refractivity contribution is 0.634. The van der Waals surface area contributed by atoms with Crippen LogP contribution >= 0.6 is 11.8 Å². The largest absolute Gasteiger partial charge is 0.382 e. The lowest BCUT2D eigenvalue weighted by Gasteiger charge is -2.19. The number of nitrogens with zero attached hydrogens (tertiary/aromatic N) is 2. The first-order chi connectivity index (χ1) is 6.36. The van der Waals surface area contributed by atoms with Crippen molar-refractivity contribution in [1.82, 2.24) is 10.2 Å². The van der Waals surface area contributed by atoms with Gasteiger partial charge in [-0.15, -0.1) is 5.10 Å². The molecule has 1 aliphatic heterocycles. The van der Waals surface area contributed by atoms with E-state index in [2.05, 4.69) is 10.2 Å². The first-order valence-electron chi connectivity index (χ1n) is 4.53. The highest BCUT2D eigenvalue weighted by Gasteiger charge is 2.16. The van der Waals surface area contributed by atoms with E-state index in [0.29, 0.717) is 11.7 Å². The van der Waals surface area contributed by atoms with Crippen LogP contribution in [0.1, 0.15) is 24.5 Å². The normalized spacial score (nSPS) is 22.9. The van der Waals surface area contributed by atoms with E-state index in [9.17, 15) is 0 Å². The molecule has 1 fully saturated rings. The number of thioether (sulfide) groups is 1. The van der Waals surface area contributed by atoms with Crippen molar-refractivity contribution < 1.29 is 0 Å². The number of rotatable bonds is 1. The first kappa shape index (κ1) is 8.81. The van der Waals surface area contributed by atoms with E-state index < -0.39 is 0 Å². The Morgan fingerprint density at radius 3 is 2.92 bits per heavy atom. The van der Waals surface area contributed by atoms with Crippen LogP contribution in [0, 0.1) is 0 Å². The van der Waals surface area contributed by atoms with Gasteiger partial charge in [0, 0.05) is 11.7 Å². The van der Waals surface area contributed by atoms with Crippen LogP contribution in [0.4, 0.5) is 5.82 Å².